The molecule has 1 aliphatic rings. The maximum atomic E-state index is 6.22. The summed E-state index contributed by atoms with van der Waals surface area (Å²) in [7, 11) is 0. The standard InChI is InChI=1S/C15H10Cl.C9H13.C2H6Si.Zr/c16-15-8-4-3-7-14(15)13-10-9-11-5-1-2-6-12(11)13;1-6-5-7(2)9(4)8(6)3;1-3-2;/h1-10H;6H,1-4H3;1-2H3;/q2*-1;;+2. The predicted octanol–water partition coefficient (Wildman–Crippen LogP) is 8.39. The summed E-state index contributed by atoms with van der Waals surface area (Å²) in [6, 6.07) is 20.6. The fraction of sp³-hybridized carbons (Fsp3) is 0.269. The number of benzene rings is 2. The van der Waals surface area contributed by atoms with Gasteiger partial charge in [0, 0.05) is 5.02 Å². The van der Waals surface area contributed by atoms with E-state index < -0.39 is 0 Å². The number of hydrogen-bond donors (Lipinski definition) is 0. The molecule has 29 heavy (non-hydrogen) atoms. The van der Waals surface area contributed by atoms with E-state index in [4.69, 9.17) is 11.6 Å². The van der Waals surface area contributed by atoms with E-state index in [2.05, 4.69) is 89.3 Å². The predicted molar refractivity (Wildman–Crippen MR) is 127 cm³/mol. The van der Waals surface area contributed by atoms with E-state index in [-0.39, 0.29) is 5.43 Å². The van der Waals surface area contributed by atoms with Crippen molar-refractivity contribution in [1.82, 2.24) is 0 Å². The van der Waals surface area contributed by atoms with E-state index in [1.807, 2.05) is 18.2 Å². The average Bonchev–Trinajstić information content (AvgIpc) is 3.19. The molecular weight excluding hydrogens is 467 g/mol. The van der Waals surface area contributed by atoms with E-state index in [1.165, 1.54) is 33.1 Å². The number of hydrogen-bond acceptors (Lipinski definition) is 0. The second-order valence-electron chi connectivity index (χ2n) is 7.61. The number of allylic oxidation sites excluding steroid dienone is 4. The zero-order valence-corrected chi connectivity index (χ0v) is 22.4. The second kappa shape index (κ2) is 11.3. The Kier molecular flexibility index (Phi) is 9.47. The van der Waals surface area contributed by atoms with Gasteiger partial charge in [0.25, 0.3) is 0 Å². The monoisotopic (exact) mass is 494 g/mol. The van der Waals surface area contributed by atoms with Crippen LogP contribution in [0.2, 0.25) is 18.1 Å². The third-order valence-electron chi connectivity index (χ3n) is 5.08. The molecule has 1 aliphatic carbocycles. The van der Waals surface area contributed by atoms with Crippen LogP contribution in [-0.4, -0.2) is 5.43 Å². The Hall–Kier alpha value is -1.08. The average molecular weight is 496 g/mol. The topological polar surface area (TPSA) is 0 Å². The van der Waals surface area contributed by atoms with Crippen LogP contribution < -0.4 is 0 Å². The van der Waals surface area contributed by atoms with Gasteiger partial charge in [-0.25, -0.2) is 5.57 Å². The summed E-state index contributed by atoms with van der Waals surface area (Å²) in [6.45, 7) is 13.3. The maximum Gasteiger partial charge on any atom is 0.0384 e. The first kappa shape index (κ1) is 24.2. The van der Waals surface area contributed by atoms with Gasteiger partial charge in [-0.3, -0.25) is 6.08 Å². The van der Waals surface area contributed by atoms with Crippen molar-refractivity contribution < 1.29 is 23.3 Å². The van der Waals surface area contributed by atoms with Gasteiger partial charge in [-0.15, -0.1) is 53.6 Å². The summed E-state index contributed by atoms with van der Waals surface area (Å²) in [5.74, 6) is 0.560. The second-order valence-corrected chi connectivity index (χ2v) is 17.4. The molecule has 0 bridgehead atoms. The molecule has 4 rings (SSSR count). The molecule has 3 aromatic carbocycles. The van der Waals surface area contributed by atoms with Crippen LogP contribution in [0, 0.1) is 12.0 Å². The molecule has 0 fully saturated rings. The van der Waals surface area contributed by atoms with Crippen LogP contribution in [-0.2, 0) is 23.3 Å². The molecule has 0 heterocycles. The largest absolute Gasteiger partial charge is 0.150 e. The van der Waals surface area contributed by atoms with Crippen LogP contribution in [0.5, 0.6) is 0 Å². The maximum absolute atomic E-state index is 6.22. The Morgan fingerprint density at radius 1 is 0.966 bits per heavy atom. The van der Waals surface area contributed by atoms with E-state index in [1.54, 1.807) is 23.3 Å². The molecule has 0 N–H and O–H groups in total. The van der Waals surface area contributed by atoms with Crippen molar-refractivity contribution in [2.45, 2.75) is 40.8 Å². The smallest absolute Gasteiger partial charge is 0.0384 e. The summed E-state index contributed by atoms with van der Waals surface area (Å²) >= 11 is 7.95. The molecule has 0 aromatic heterocycles. The summed E-state index contributed by atoms with van der Waals surface area (Å²) in [5.41, 5.74) is 6.77. The fourth-order valence-corrected chi connectivity index (χ4v) is 3.46. The van der Waals surface area contributed by atoms with E-state index in [0.29, 0.717) is 5.92 Å². The van der Waals surface area contributed by atoms with Gasteiger partial charge >= 0.3 is 41.9 Å². The van der Waals surface area contributed by atoms with Crippen LogP contribution in [0.4, 0.5) is 0 Å². The molecule has 0 saturated heterocycles. The van der Waals surface area contributed by atoms with Gasteiger partial charge in [0.1, 0.15) is 0 Å². The van der Waals surface area contributed by atoms with Crippen molar-refractivity contribution >= 4 is 27.8 Å². The van der Waals surface area contributed by atoms with E-state index in [0.717, 1.165) is 10.6 Å². The van der Waals surface area contributed by atoms with Gasteiger partial charge in [0.15, 0.2) is 0 Å². The minimum absolute atomic E-state index is 0.210. The quantitative estimate of drug-likeness (QED) is 0.235. The molecule has 0 amide bonds. The van der Waals surface area contributed by atoms with Crippen LogP contribution in [0.25, 0.3) is 21.9 Å². The summed E-state index contributed by atoms with van der Waals surface area (Å²) in [6.07, 6.45) is 3.36. The van der Waals surface area contributed by atoms with Gasteiger partial charge in [0.05, 0.1) is 0 Å². The molecule has 1 atom stereocenters. The first-order valence-electron chi connectivity index (χ1n) is 9.91. The van der Waals surface area contributed by atoms with Crippen molar-refractivity contribution in [3.63, 3.8) is 0 Å². The normalized spacial score (nSPS) is 15.3. The third-order valence-corrected chi connectivity index (χ3v) is 5.41. The minimum atomic E-state index is 0.210. The first-order chi connectivity index (χ1) is 13.7. The number of rotatable bonds is 1. The van der Waals surface area contributed by atoms with Gasteiger partial charge < -0.3 is 0 Å². The van der Waals surface area contributed by atoms with Crippen LogP contribution in [0.1, 0.15) is 27.7 Å². The van der Waals surface area contributed by atoms with Gasteiger partial charge in [0.2, 0.25) is 0 Å². The zero-order valence-electron chi connectivity index (χ0n) is 18.2. The van der Waals surface area contributed by atoms with Gasteiger partial charge in [-0.2, -0.15) is 11.1 Å². The SMILES string of the molecule is CC1=[C-]C(C)C(C)=C1C.C[Si](C)=[Zr+2].Clc1ccccc1-c1c[cH-]c2ccccc12. The Labute approximate surface area is 196 Å². The molecule has 148 valence electrons. The summed E-state index contributed by atoms with van der Waals surface area (Å²) in [5, 5.41) is 3.33. The Morgan fingerprint density at radius 3 is 2.07 bits per heavy atom. The van der Waals surface area contributed by atoms with Crippen molar-refractivity contribution in [2.75, 3.05) is 0 Å². The Morgan fingerprint density at radius 2 is 1.55 bits per heavy atom. The van der Waals surface area contributed by atoms with Crippen molar-refractivity contribution in [3.8, 4) is 11.1 Å². The molecule has 0 nitrogen and oxygen atoms in total. The fourth-order valence-electron chi connectivity index (χ4n) is 3.23. The van der Waals surface area contributed by atoms with E-state index in [9.17, 15) is 0 Å². The number of fused-ring (bicyclic) bond motifs is 1. The molecule has 0 saturated carbocycles. The molecule has 3 heteroatoms. The van der Waals surface area contributed by atoms with Crippen LogP contribution >= 0.6 is 11.6 Å². The summed E-state index contributed by atoms with van der Waals surface area (Å²) in [4.78, 5) is 0. The molecule has 0 spiro atoms. The number of halogens is 1. The zero-order chi connectivity index (χ0) is 21.6. The Bertz CT molecular complexity index is 1050. The van der Waals surface area contributed by atoms with Crippen molar-refractivity contribution in [3.05, 3.63) is 88.5 Å². The van der Waals surface area contributed by atoms with E-state index >= 15 is 0 Å². The van der Waals surface area contributed by atoms with Gasteiger partial charge in [-0.05, 0) is 11.6 Å². The molecule has 0 aliphatic heterocycles. The van der Waals surface area contributed by atoms with Crippen molar-refractivity contribution in [1.29, 1.82) is 0 Å². The molecule has 1 unspecified atom stereocenters. The van der Waals surface area contributed by atoms with Crippen LogP contribution in [0.3, 0.4) is 0 Å². The molecule has 3 aromatic rings. The Balaban J connectivity index is 0.000000195. The molecule has 0 radical (unpaired) electrons. The first-order valence-corrected chi connectivity index (χ1v) is 16.5. The van der Waals surface area contributed by atoms with Gasteiger partial charge in [-0.1, -0.05) is 62.6 Å². The van der Waals surface area contributed by atoms with Crippen LogP contribution in [0.15, 0.2) is 77.4 Å². The minimum Gasteiger partial charge on any atom is -0.150 e. The molecular formula is C26H29ClSiZr. The third kappa shape index (κ3) is 6.71. The summed E-state index contributed by atoms with van der Waals surface area (Å²) < 4.78 is 0. The van der Waals surface area contributed by atoms with Crippen molar-refractivity contribution in [2.24, 2.45) is 5.92 Å².